The zero-order valence-corrected chi connectivity index (χ0v) is 14.8. The van der Waals surface area contributed by atoms with E-state index < -0.39 is 5.60 Å². The van der Waals surface area contributed by atoms with E-state index in [0.29, 0.717) is 24.4 Å². The van der Waals surface area contributed by atoms with Crippen LogP contribution in [0.3, 0.4) is 0 Å². The van der Waals surface area contributed by atoms with Crippen molar-refractivity contribution >= 4 is 23.1 Å². The first-order chi connectivity index (χ1) is 11.5. The number of hydrogen-bond acceptors (Lipinski definition) is 5. The summed E-state index contributed by atoms with van der Waals surface area (Å²) in [5, 5.41) is 15.5. The highest BCUT2D eigenvalue weighted by Gasteiger charge is 2.37. The molecule has 3 heterocycles. The minimum Gasteiger partial charge on any atom is -0.386 e. The van der Waals surface area contributed by atoms with Crippen LogP contribution in [-0.2, 0) is 0 Å². The molecule has 0 saturated carbocycles. The van der Waals surface area contributed by atoms with Gasteiger partial charge in [0.15, 0.2) is 0 Å². The highest BCUT2D eigenvalue weighted by molar-refractivity contribution is 7.10. The van der Waals surface area contributed by atoms with Gasteiger partial charge in [0.1, 0.15) is 11.4 Å². The smallest absolute Gasteiger partial charge is 0.252 e. The fourth-order valence-electron chi connectivity index (χ4n) is 2.86. The number of thiophene rings is 1. The molecule has 1 aliphatic rings. The molecule has 1 amide bonds. The number of amides is 1. The molecule has 1 unspecified atom stereocenters. The Morgan fingerprint density at radius 2 is 2.33 bits per heavy atom. The monoisotopic (exact) mass is 345 g/mol. The molecule has 128 valence electrons. The second kappa shape index (κ2) is 6.91. The number of rotatable bonds is 5. The Morgan fingerprint density at radius 3 is 3.00 bits per heavy atom. The van der Waals surface area contributed by atoms with Gasteiger partial charge in [0.25, 0.3) is 5.91 Å². The summed E-state index contributed by atoms with van der Waals surface area (Å²) >= 11 is 1.60. The Balaban J connectivity index is 1.57. The van der Waals surface area contributed by atoms with Gasteiger partial charge in [0.05, 0.1) is 5.56 Å². The van der Waals surface area contributed by atoms with Crippen molar-refractivity contribution in [3.63, 3.8) is 0 Å². The number of hydrogen-bond donors (Lipinski definition) is 2. The van der Waals surface area contributed by atoms with Crippen LogP contribution in [-0.4, -0.2) is 41.2 Å². The van der Waals surface area contributed by atoms with E-state index in [1.807, 2.05) is 34.5 Å². The quantitative estimate of drug-likeness (QED) is 0.874. The zero-order chi connectivity index (χ0) is 17.2. The molecule has 1 saturated heterocycles. The Labute approximate surface area is 146 Å². The molecule has 5 nitrogen and oxygen atoms in total. The summed E-state index contributed by atoms with van der Waals surface area (Å²) < 4.78 is 0. The highest BCUT2D eigenvalue weighted by Crippen LogP contribution is 2.26. The molecule has 1 fully saturated rings. The van der Waals surface area contributed by atoms with Gasteiger partial charge < -0.3 is 15.3 Å². The van der Waals surface area contributed by atoms with E-state index in [1.54, 1.807) is 17.5 Å². The molecular weight excluding hydrogens is 322 g/mol. The summed E-state index contributed by atoms with van der Waals surface area (Å²) in [6, 6.07) is 7.68. The molecule has 24 heavy (non-hydrogen) atoms. The highest BCUT2D eigenvalue weighted by atomic mass is 32.1. The third kappa shape index (κ3) is 3.76. The van der Waals surface area contributed by atoms with Crippen molar-refractivity contribution in [3.8, 4) is 0 Å². The van der Waals surface area contributed by atoms with Crippen LogP contribution in [0.15, 0.2) is 35.8 Å². The van der Waals surface area contributed by atoms with Crippen molar-refractivity contribution in [3.05, 3.63) is 46.3 Å². The average molecular weight is 345 g/mol. The molecule has 1 aliphatic heterocycles. The summed E-state index contributed by atoms with van der Waals surface area (Å²) in [5.74, 6) is 1.16. The minimum absolute atomic E-state index is 0.122. The number of aromatic nitrogens is 1. The number of nitrogens with one attached hydrogen (secondary N) is 1. The lowest BCUT2D eigenvalue weighted by Crippen LogP contribution is -2.45. The second-order valence-electron chi connectivity index (χ2n) is 6.66. The van der Waals surface area contributed by atoms with E-state index in [-0.39, 0.29) is 12.5 Å². The molecule has 2 aromatic heterocycles. The van der Waals surface area contributed by atoms with Gasteiger partial charge in [-0.3, -0.25) is 4.79 Å². The van der Waals surface area contributed by atoms with E-state index in [1.165, 1.54) is 4.88 Å². The van der Waals surface area contributed by atoms with Crippen molar-refractivity contribution in [2.45, 2.75) is 31.8 Å². The maximum Gasteiger partial charge on any atom is 0.252 e. The first-order valence-corrected chi connectivity index (χ1v) is 9.10. The number of anilines is 1. The molecule has 1 atom stereocenters. The number of carbonyl (C=O) groups excluding carboxylic acids is 1. The van der Waals surface area contributed by atoms with Crippen LogP contribution in [0, 0.1) is 0 Å². The van der Waals surface area contributed by atoms with Crippen molar-refractivity contribution < 1.29 is 9.90 Å². The lowest BCUT2D eigenvalue weighted by molar-refractivity contribution is 0.0576. The Hall–Kier alpha value is -1.92. The molecular formula is C18H23N3O2S. The van der Waals surface area contributed by atoms with Gasteiger partial charge in [-0.05, 0) is 30.5 Å². The van der Waals surface area contributed by atoms with Gasteiger partial charge in [-0.2, -0.15) is 0 Å². The summed E-state index contributed by atoms with van der Waals surface area (Å²) in [6.45, 7) is 5.69. The largest absolute Gasteiger partial charge is 0.386 e. The van der Waals surface area contributed by atoms with Crippen LogP contribution in [0.2, 0.25) is 0 Å². The topological polar surface area (TPSA) is 65.5 Å². The van der Waals surface area contributed by atoms with Crippen LogP contribution in [0.25, 0.3) is 0 Å². The molecule has 3 rings (SSSR count). The van der Waals surface area contributed by atoms with Gasteiger partial charge in [-0.1, -0.05) is 19.9 Å². The first-order valence-electron chi connectivity index (χ1n) is 8.22. The SMILES string of the molecule is CC(C)c1cc(C(=O)NCC2(O)CCN(c3ccccn3)C2)cs1. The number of carbonyl (C=O) groups is 1. The van der Waals surface area contributed by atoms with Gasteiger partial charge in [-0.25, -0.2) is 4.98 Å². The lowest BCUT2D eigenvalue weighted by Gasteiger charge is -2.24. The Kier molecular flexibility index (Phi) is 4.87. The Bertz CT molecular complexity index is 701. The summed E-state index contributed by atoms with van der Waals surface area (Å²) in [4.78, 5) is 19.9. The maximum absolute atomic E-state index is 12.3. The van der Waals surface area contributed by atoms with Crippen LogP contribution < -0.4 is 10.2 Å². The molecule has 2 N–H and O–H groups in total. The van der Waals surface area contributed by atoms with Gasteiger partial charge in [-0.15, -0.1) is 11.3 Å². The van der Waals surface area contributed by atoms with Crippen molar-refractivity contribution in [1.82, 2.24) is 10.3 Å². The van der Waals surface area contributed by atoms with Crippen molar-refractivity contribution in [1.29, 1.82) is 0 Å². The fraction of sp³-hybridized carbons (Fsp3) is 0.444. The molecule has 0 radical (unpaired) electrons. The summed E-state index contributed by atoms with van der Waals surface area (Å²) in [6.07, 6.45) is 2.36. The fourth-order valence-corrected chi connectivity index (χ4v) is 3.76. The third-order valence-corrected chi connectivity index (χ3v) is 5.57. The number of pyridine rings is 1. The molecule has 0 spiro atoms. The van der Waals surface area contributed by atoms with Crippen LogP contribution in [0.4, 0.5) is 5.82 Å². The van der Waals surface area contributed by atoms with Crippen LogP contribution in [0.5, 0.6) is 0 Å². The Morgan fingerprint density at radius 1 is 1.50 bits per heavy atom. The standard InChI is InChI=1S/C18H23N3O2S/c1-13(2)15-9-14(10-24-15)17(22)20-11-18(23)6-8-21(12-18)16-5-3-4-7-19-16/h3-5,7,9-10,13,23H,6,8,11-12H2,1-2H3,(H,20,22). The lowest BCUT2D eigenvalue weighted by atomic mass is 10.0. The average Bonchev–Trinajstić information content (AvgIpc) is 3.21. The third-order valence-electron chi connectivity index (χ3n) is 4.33. The molecule has 0 bridgehead atoms. The van der Waals surface area contributed by atoms with E-state index in [4.69, 9.17) is 0 Å². The van der Waals surface area contributed by atoms with E-state index in [9.17, 15) is 9.90 Å². The van der Waals surface area contributed by atoms with E-state index in [0.717, 1.165) is 12.4 Å². The van der Waals surface area contributed by atoms with Crippen molar-refractivity contribution in [2.75, 3.05) is 24.5 Å². The van der Waals surface area contributed by atoms with Crippen molar-refractivity contribution in [2.24, 2.45) is 0 Å². The molecule has 0 aromatic carbocycles. The summed E-state index contributed by atoms with van der Waals surface area (Å²) in [5.41, 5.74) is -0.240. The first kappa shape index (κ1) is 16.9. The van der Waals surface area contributed by atoms with E-state index >= 15 is 0 Å². The second-order valence-corrected chi connectivity index (χ2v) is 7.60. The number of β-amino-alcohol motifs (C(OH)–C–C–N with tert-alkyl or cyclic N) is 1. The van der Waals surface area contributed by atoms with Gasteiger partial charge >= 0.3 is 0 Å². The predicted molar refractivity (Wildman–Crippen MR) is 96.8 cm³/mol. The minimum atomic E-state index is -0.913. The number of aliphatic hydroxyl groups is 1. The molecule has 2 aromatic rings. The normalized spacial score (nSPS) is 20.6. The van der Waals surface area contributed by atoms with Crippen LogP contribution >= 0.6 is 11.3 Å². The van der Waals surface area contributed by atoms with Gasteiger partial charge in [0, 0.05) is 36.1 Å². The molecule has 0 aliphatic carbocycles. The van der Waals surface area contributed by atoms with Crippen LogP contribution in [0.1, 0.15) is 41.4 Å². The van der Waals surface area contributed by atoms with Gasteiger partial charge in [0.2, 0.25) is 0 Å². The number of nitrogens with zero attached hydrogens (tertiary/aromatic N) is 2. The summed E-state index contributed by atoms with van der Waals surface area (Å²) in [7, 11) is 0. The molecule has 6 heteroatoms. The predicted octanol–water partition coefficient (Wildman–Crippen LogP) is 2.64. The zero-order valence-electron chi connectivity index (χ0n) is 14.0. The maximum atomic E-state index is 12.3. The van der Waals surface area contributed by atoms with E-state index in [2.05, 4.69) is 24.1 Å².